The Kier molecular flexibility index (Phi) is 3.52. The van der Waals surface area contributed by atoms with Gasteiger partial charge in [-0.2, -0.15) is 5.26 Å². The molecule has 0 N–H and O–H groups in total. The van der Waals surface area contributed by atoms with Gasteiger partial charge in [0.1, 0.15) is 11.6 Å². The Labute approximate surface area is 112 Å². The predicted molar refractivity (Wildman–Crippen MR) is 64.8 cm³/mol. The molecule has 0 bridgehead atoms. The molecule has 1 aliphatic rings. The highest BCUT2D eigenvalue weighted by atomic mass is 16.7. The van der Waals surface area contributed by atoms with Gasteiger partial charge >= 0.3 is 5.97 Å². The lowest BCUT2D eigenvalue weighted by Crippen LogP contribution is -2.03. The lowest BCUT2D eigenvalue weighted by atomic mass is 10.1. The molecule has 0 saturated heterocycles. The van der Waals surface area contributed by atoms with E-state index >= 15 is 0 Å². The van der Waals surface area contributed by atoms with E-state index < -0.39 is 10.9 Å². The van der Waals surface area contributed by atoms with Crippen molar-refractivity contribution in [3.05, 3.63) is 33.4 Å². The van der Waals surface area contributed by atoms with E-state index in [-0.39, 0.29) is 29.4 Å². The third-order valence-corrected chi connectivity index (χ3v) is 2.54. The summed E-state index contributed by atoms with van der Waals surface area (Å²) in [6.07, 6.45) is 1.08. The molecule has 8 nitrogen and oxygen atoms in total. The lowest BCUT2D eigenvalue weighted by molar-refractivity contribution is -0.385. The number of hydrogen-bond acceptors (Lipinski definition) is 7. The Bertz CT molecular complexity index is 659. The SMILES string of the molecule is COC(=O)/C(C#N)=C/c1cc2c(cc1[N+](=O)[O-])OCO2. The van der Waals surface area contributed by atoms with Gasteiger partial charge in [0.2, 0.25) is 6.79 Å². The van der Waals surface area contributed by atoms with Crippen LogP contribution < -0.4 is 9.47 Å². The average Bonchev–Trinajstić information content (AvgIpc) is 2.89. The van der Waals surface area contributed by atoms with E-state index in [1.165, 1.54) is 12.1 Å². The largest absolute Gasteiger partial charge is 0.465 e. The maximum Gasteiger partial charge on any atom is 0.348 e. The van der Waals surface area contributed by atoms with Gasteiger partial charge in [-0.25, -0.2) is 4.79 Å². The molecule has 1 aromatic rings. The minimum Gasteiger partial charge on any atom is -0.465 e. The second-order valence-corrected chi connectivity index (χ2v) is 3.68. The number of nitrogens with zero attached hydrogens (tertiary/aromatic N) is 2. The monoisotopic (exact) mass is 276 g/mol. The maximum absolute atomic E-state index is 11.3. The summed E-state index contributed by atoms with van der Waals surface area (Å²) in [5.41, 5.74) is -0.596. The number of hydrogen-bond donors (Lipinski definition) is 0. The van der Waals surface area contributed by atoms with Gasteiger partial charge < -0.3 is 14.2 Å². The van der Waals surface area contributed by atoms with Crippen LogP contribution in [0.3, 0.4) is 0 Å². The Balaban J connectivity index is 2.56. The second-order valence-electron chi connectivity index (χ2n) is 3.68. The van der Waals surface area contributed by atoms with Crippen LogP contribution in [0.2, 0.25) is 0 Å². The van der Waals surface area contributed by atoms with Crippen LogP contribution in [0, 0.1) is 21.4 Å². The van der Waals surface area contributed by atoms with E-state index in [9.17, 15) is 14.9 Å². The van der Waals surface area contributed by atoms with Crippen molar-refractivity contribution < 1.29 is 23.9 Å². The molecule has 1 heterocycles. The van der Waals surface area contributed by atoms with E-state index in [4.69, 9.17) is 14.7 Å². The Morgan fingerprint density at radius 1 is 1.50 bits per heavy atom. The molecule has 0 unspecified atom stereocenters. The van der Waals surface area contributed by atoms with Gasteiger partial charge in [-0.05, 0) is 12.1 Å². The van der Waals surface area contributed by atoms with E-state index in [0.717, 1.165) is 13.2 Å². The van der Waals surface area contributed by atoms with Gasteiger partial charge in [0, 0.05) is 0 Å². The summed E-state index contributed by atoms with van der Waals surface area (Å²) in [5, 5.41) is 19.9. The number of benzene rings is 1. The van der Waals surface area contributed by atoms with Gasteiger partial charge in [0.15, 0.2) is 11.5 Å². The van der Waals surface area contributed by atoms with Crippen LogP contribution in [0.5, 0.6) is 11.5 Å². The number of fused-ring (bicyclic) bond motifs is 1. The zero-order chi connectivity index (χ0) is 14.7. The fourth-order valence-corrected chi connectivity index (χ4v) is 1.62. The average molecular weight is 276 g/mol. The highest BCUT2D eigenvalue weighted by Crippen LogP contribution is 2.38. The summed E-state index contributed by atoms with van der Waals surface area (Å²) in [6, 6.07) is 4.14. The predicted octanol–water partition coefficient (Wildman–Crippen LogP) is 1.40. The smallest absolute Gasteiger partial charge is 0.348 e. The molecular weight excluding hydrogens is 268 g/mol. The Hall–Kier alpha value is -3.08. The first kappa shape index (κ1) is 13.4. The molecule has 0 saturated carbocycles. The molecule has 1 aromatic carbocycles. The molecule has 0 fully saturated rings. The molecule has 0 aliphatic carbocycles. The molecule has 0 amide bonds. The molecule has 8 heteroatoms. The van der Waals surface area contributed by atoms with Crippen LogP contribution in [-0.4, -0.2) is 24.8 Å². The van der Waals surface area contributed by atoms with Gasteiger partial charge in [0.05, 0.1) is 23.7 Å². The number of methoxy groups -OCH3 is 1. The zero-order valence-corrected chi connectivity index (χ0v) is 10.3. The first-order valence-corrected chi connectivity index (χ1v) is 5.35. The van der Waals surface area contributed by atoms with E-state index in [1.54, 1.807) is 6.07 Å². The highest BCUT2D eigenvalue weighted by molar-refractivity contribution is 5.98. The Morgan fingerprint density at radius 3 is 2.70 bits per heavy atom. The van der Waals surface area contributed by atoms with Crippen LogP contribution in [0.25, 0.3) is 6.08 Å². The number of esters is 1. The molecule has 20 heavy (non-hydrogen) atoms. The summed E-state index contributed by atoms with van der Waals surface area (Å²) < 4.78 is 14.6. The number of carbonyl (C=O) groups excluding carboxylic acids is 1. The summed E-state index contributed by atoms with van der Waals surface area (Å²) in [4.78, 5) is 21.7. The first-order chi connectivity index (χ1) is 9.56. The highest BCUT2D eigenvalue weighted by Gasteiger charge is 2.23. The van der Waals surface area contributed by atoms with Crippen molar-refractivity contribution in [1.82, 2.24) is 0 Å². The number of ether oxygens (including phenoxy) is 3. The van der Waals surface area contributed by atoms with E-state index in [1.807, 2.05) is 0 Å². The fourth-order valence-electron chi connectivity index (χ4n) is 1.62. The van der Waals surface area contributed by atoms with Crippen LogP contribution >= 0.6 is 0 Å². The molecular formula is C12H8N2O6. The molecule has 0 atom stereocenters. The summed E-state index contributed by atoms with van der Waals surface area (Å²) in [7, 11) is 1.11. The third-order valence-electron chi connectivity index (χ3n) is 2.54. The van der Waals surface area contributed by atoms with E-state index in [2.05, 4.69) is 4.74 Å². The quantitative estimate of drug-likeness (QED) is 0.269. The van der Waals surface area contributed by atoms with E-state index in [0.29, 0.717) is 5.75 Å². The van der Waals surface area contributed by atoms with Crippen LogP contribution in [0.4, 0.5) is 5.69 Å². The number of nitro benzene ring substituents is 1. The van der Waals surface area contributed by atoms with Crippen LogP contribution in [0.1, 0.15) is 5.56 Å². The van der Waals surface area contributed by atoms with Crippen molar-refractivity contribution in [3.63, 3.8) is 0 Å². The first-order valence-electron chi connectivity index (χ1n) is 5.35. The zero-order valence-electron chi connectivity index (χ0n) is 10.3. The number of rotatable bonds is 3. The lowest BCUT2D eigenvalue weighted by Gasteiger charge is -2.02. The number of nitro groups is 1. The van der Waals surface area contributed by atoms with Crippen molar-refractivity contribution >= 4 is 17.7 Å². The molecule has 2 rings (SSSR count). The molecule has 102 valence electrons. The molecule has 0 spiro atoms. The molecule has 0 radical (unpaired) electrons. The van der Waals surface area contributed by atoms with Crippen molar-refractivity contribution in [2.45, 2.75) is 0 Å². The van der Waals surface area contributed by atoms with Crippen molar-refractivity contribution in [2.24, 2.45) is 0 Å². The Morgan fingerprint density at radius 2 is 2.15 bits per heavy atom. The fraction of sp³-hybridized carbons (Fsp3) is 0.167. The topological polar surface area (TPSA) is 112 Å². The summed E-state index contributed by atoms with van der Waals surface area (Å²) in [5.74, 6) is -0.325. The standard InChI is InChI=1S/C12H8N2O6/c1-18-12(15)8(5-13)2-7-3-10-11(20-6-19-10)4-9(7)14(16)17/h2-4H,6H2,1H3/b8-2+. The van der Waals surface area contributed by atoms with Crippen molar-refractivity contribution in [2.75, 3.05) is 13.9 Å². The number of nitriles is 1. The van der Waals surface area contributed by atoms with Gasteiger partial charge in [0.25, 0.3) is 5.69 Å². The van der Waals surface area contributed by atoms with Gasteiger partial charge in [-0.15, -0.1) is 0 Å². The summed E-state index contributed by atoms with van der Waals surface area (Å²) >= 11 is 0. The number of carbonyl (C=O) groups is 1. The molecule has 0 aromatic heterocycles. The maximum atomic E-state index is 11.3. The van der Waals surface area contributed by atoms with Gasteiger partial charge in [-0.3, -0.25) is 10.1 Å². The van der Waals surface area contributed by atoms with Crippen molar-refractivity contribution in [1.29, 1.82) is 5.26 Å². The van der Waals surface area contributed by atoms with Gasteiger partial charge in [-0.1, -0.05) is 0 Å². The minimum absolute atomic E-state index is 0.0399. The van der Waals surface area contributed by atoms with Crippen molar-refractivity contribution in [3.8, 4) is 17.6 Å². The molecule has 1 aliphatic heterocycles. The summed E-state index contributed by atoms with van der Waals surface area (Å²) in [6.45, 7) is -0.0399. The van der Waals surface area contributed by atoms with Crippen LogP contribution in [0.15, 0.2) is 17.7 Å². The minimum atomic E-state index is -0.875. The third kappa shape index (κ3) is 2.37. The normalized spacial score (nSPS) is 12.7. The van der Waals surface area contributed by atoms with Crippen LogP contribution in [-0.2, 0) is 9.53 Å². The second kappa shape index (κ2) is 5.27.